The van der Waals surface area contributed by atoms with Crippen molar-refractivity contribution in [1.82, 2.24) is 30.8 Å². The molecule has 5 amide bonds. The van der Waals surface area contributed by atoms with Gasteiger partial charge < -0.3 is 38.3 Å². The topological polar surface area (TPSA) is 249 Å². The molecule has 310 valence electrons. The van der Waals surface area contributed by atoms with E-state index in [1.165, 1.54) is 0 Å². The molecule has 1 heterocycles. The Bertz CT molecular complexity index is 1590. The molecule has 1 aliphatic carbocycles. The van der Waals surface area contributed by atoms with Crippen LogP contribution in [0.5, 0.6) is 0 Å². The number of amides is 5. The van der Waals surface area contributed by atoms with E-state index in [9.17, 15) is 29.1 Å². The van der Waals surface area contributed by atoms with Crippen LogP contribution in [0, 0.1) is 25.7 Å². The number of nitrogens with zero attached hydrogens (tertiary/aromatic N) is 3. The number of unbranched alkanes of at least 4 members (excludes halogenated alkanes) is 2. The van der Waals surface area contributed by atoms with Gasteiger partial charge >= 0.3 is 0 Å². The Morgan fingerprint density at radius 2 is 1.61 bits per heavy atom. The Hall–Kier alpha value is -4.47. The molecule has 1 aromatic heterocycles. The lowest BCUT2D eigenvalue weighted by Crippen LogP contribution is -2.58. The van der Waals surface area contributed by atoms with E-state index in [4.69, 9.17) is 17.2 Å². The Labute approximate surface area is 331 Å². The normalized spacial score (nSPS) is 15.8. The van der Waals surface area contributed by atoms with E-state index in [1.54, 1.807) is 20.8 Å². The summed E-state index contributed by atoms with van der Waals surface area (Å²) < 4.78 is 0. The fourth-order valence-corrected chi connectivity index (χ4v) is 7.07. The second-order valence-corrected chi connectivity index (χ2v) is 15.2. The summed E-state index contributed by atoms with van der Waals surface area (Å²) in [6.45, 7) is 6.87. The summed E-state index contributed by atoms with van der Waals surface area (Å²) in [7, 11) is 0. The minimum atomic E-state index is -1.31. The van der Waals surface area contributed by atoms with E-state index in [2.05, 4.69) is 25.9 Å². The van der Waals surface area contributed by atoms with Crippen LogP contribution in [0.25, 0.3) is 0 Å². The maximum absolute atomic E-state index is 14.2. The first-order valence-corrected chi connectivity index (χ1v) is 20.2. The molecule has 1 saturated carbocycles. The predicted octanol–water partition coefficient (Wildman–Crippen LogP) is 2.47. The average Bonchev–Trinajstić information content (AvgIpc) is 3.18. The lowest BCUT2D eigenvalue weighted by Gasteiger charge is -2.34. The monoisotopic (exact) mass is 780 g/mol. The molecule has 0 saturated heterocycles. The minimum absolute atomic E-state index is 0.110. The quantitative estimate of drug-likeness (QED) is 0.0856. The SMILES string of the molecule is CC[C@H](C)[C@@H](C(=O)NCc1nc(C)c(C)nc1N)N(C(=O)CNC(=O)[C@H](Cc1ccccc1)NC(=O)CCCCCN)C(=O)C[C@H](O)[C@@H](N)CC1CCCCC1. The number of imide groups is 1. The van der Waals surface area contributed by atoms with Crippen LogP contribution in [0.3, 0.4) is 0 Å². The number of carbonyl (C=O) groups excluding carboxylic acids is 5. The zero-order chi connectivity index (χ0) is 41.2. The second kappa shape index (κ2) is 23.6. The van der Waals surface area contributed by atoms with Crippen molar-refractivity contribution in [2.24, 2.45) is 23.3 Å². The Morgan fingerprint density at radius 3 is 2.27 bits per heavy atom. The molecule has 0 radical (unpaired) electrons. The van der Waals surface area contributed by atoms with Crippen molar-refractivity contribution >= 4 is 35.4 Å². The number of nitrogens with two attached hydrogens (primary N) is 3. The molecule has 0 aliphatic heterocycles. The Morgan fingerprint density at radius 1 is 0.929 bits per heavy atom. The molecule has 0 bridgehead atoms. The van der Waals surface area contributed by atoms with Crippen molar-refractivity contribution < 1.29 is 29.1 Å². The molecule has 10 N–H and O–H groups in total. The zero-order valence-corrected chi connectivity index (χ0v) is 33.7. The van der Waals surface area contributed by atoms with E-state index in [-0.39, 0.29) is 31.1 Å². The van der Waals surface area contributed by atoms with Gasteiger partial charge in [0.1, 0.15) is 23.6 Å². The summed E-state index contributed by atoms with van der Waals surface area (Å²) in [6.07, 6.45) is 7.06. The molecule has 3 rings (SSSR count). The third kappa shape index (κ3) is 14.6. The molecule has 15 heteroatoms. The molecule has 56 heavy (non-hydrogen) atoms. The van der Waals surface area contributed by atoms with Crippen LogP contribution >= 0.6 is 0 Å². The van der Waals surface area contributed by atoms with Crippen molar-refractivity contribution in [3.05, 3.63) is 53.0 Å². The van der Waals surface area contributed by atoms with Gasteiger partial charge in [0.15, 0.2) is 0 Å². The van der Waals surface area contributed by atoms with Gasteiger partial charge in [0.05, 0.1) is 37.0 Å². The first-order chi connectivity index (χ1) is 26.7. The smallest absolute Gasteiger partial charge is 0.249 e. The van der Waals surface area contributed by atoms with Crippen LogP contribution in [0.4, 0.5) is 5.82 Å². The fourth-order valence-electron chi connectivity index (χ4n) is 7.07. The highest BCUT2D eigenvalue weighted by Crippen LogP contribution is 2.28. The molecular weight excluding hydrogens is 715 g/mol. The number of aryl methyl sites for hydroxylation is 2. The van der Waals surface area contributed by atoms with Crippen LogP contribution in [0.2, 0.25) is 0 Å². The van der Waals surface area contributed by atoms with Gasteiger partial charge in [0.2, 0.25) is 29.5 Å². The number of hydrogen-bond acceptors (Lipinski definition) is 11. The van der Waals surface area contributed by atoms with Gasteiger partial charge in [0.25, 0.3) is 0 Å². The highest BCUT2D eigenvalue weighted by molar-refractivity contribution is 6.02. The lowest BCUT2D eigenvalue weighted by atomic mass is 9.83. The van der Waals surface area contributed by atoms with E-state index in [0.717, 1.165) is 55.4 Å². The van der Waals surface area contributed by atoms with Gasteiger partial charge in [-0.05, 0) is 57.1 Å². The van der Waals surface area contributed by atoms with E-state index in [1.807, 2.05) is 37.3 Å². The fraction of sp³-hybridized carbons (Fsp3) is 0.634. The first kappa shape index (κ1) is 45.9. The van der Waals surface area contributed by atoms with E-state index >= 15 is 0 Å². The van der Waals surface area contributed by atoms with Crippen LogP contribution in [-0.2, 0) is 36.9 Å². The van der Waals surface area contributed by atoms with Gasteiger partial charge in [-0.3, -0.25) is 33.9 Å². The average molecular weight is 780 g/mol. The number of aliphatic hydroxyl groups excluding tert-OH is 1. The van der Waals surface area contributed by atoms with Gasteiger partial charge in [0, 0.05) is 18.9 Å². The number of nitrogens with one attached hydrogen (secondary N) is 3. The van der Waals surface area contributed by atoms with Gasteiger partial charge in [-0.1, -0.05) is 89.1 Å². The summed E-state index contributed by atoms with van der Waals surface area (Å²) in [6, 6.07) is 6.10. The Balaban J connectivity index is 1.86. The maximum Gasteiger partial charge on any atom is 0.249 e. The zero-order valence-electron chi connectivity index (χ0n) is 33.7. The largest absolute Gasteiger partial charge is 0.391 e. The summed E-state index contributed by atoms with van der Waals surface area (Å²) in [5, 5.41) is 19.4. The van der Waals surface area contributed by atoms with Crippen LogP contribution < -0.4 is 33.2 Å². The standard InChI is InChI=1S/C41H65N9O6/c1-5-26(2)38(41(56)45-24-33-39(44)48-28(4)27(3)47-33)50(36(53)23-34(51)31(43)21-29-15-9-6-10-16-29)37(54)25-46-40(55)32(22-30-17-11-7-12-18-30)49-35(52)19-13-8-14-20-42/h7,11-12,17-18,26,29,31-32,34,38,51H,5-6,8-10,13-16,19-25,42-43H2,1-4H3,(H2,44,48)(H,45,56)(H,46,55)(H,49,52)/t26-,31-,32-,34-,38-/m0/s1. The molecule has 1 aliphatic rings. The minimum Gasteiger partial charge on any atom is -0.391 e. The summed E-state index contributed by atoms with van der Waals surface area (Å²) in [4.78, 5) is 78.6. The number of benzene rings is 1. The van der Waals surface area contributed by atoms with Crippen molar-refractivity contribution in [1.29, 1.82) is 0 Å². The van der Waals surface area contributed by atoms with E-state index < -0.39 is 66.7 Å². The van der Waals surface area contributed by atoms with Gasteiger partial charge in [-0.2, -0.15) is 0 Å². The molecule has 0 spiro atoms. The number of nitrogen functional groups attached to an aromatic ring is 1. The number of aromatic nitrogens is 2. The Kier molecular flexibility index (Phi) is 19.3. The van der Waals surface area contributed by atoms with Gasteiger partial charge in [-0.15, -0.1) is 0 Å². The van der Waals surface area contributed by atoms with Gasteiger partial charge in [-0.25, -0.2) is 4.98 Å². The van der Waals surface area contributed by atoms with Crippen molar-refractivity contribution in [3.8, 4) is 0 Å². The van der Waals surface area contributed by atoms with Crippen LogP contribution in [0.1, 0.15) is 114 Å². The number of anilines is 1. The number of carbonyl (C=O) groups is 5. The lowest BCUT2D eigenvalue weighted by molar-refractivity contribution is -0.155. The van der Waals surface area contributed by atoms with E-state index in [0.29, 0.717) is 48.8 Å². The summed E-state index contributed by atoms with van der Waals surface area (Å²) >= 11 is 0. The number of rotatable bonds is 22. The highest BCUT2D eigenvalue weighted by atomic mass is 16.3. The molecule has 15 nitrogen and oxygen atoms in total. The molecule has 2 aromatic rings. The summed E-state index contributed by atoms with van der Waals surface area (Å²) in [5.41, 5.74) is 20.5. The molecule has 1 fully saturated rings. The summed E-state index contributed by atoms with van der Waals surface area (Å²) in [5.74, 6) is -3.29. The van der Waals surface area contributed by atoms with Crippen molar-refractivity contribution in [2.45, 2.75) is 142 Å². The van der Waals surface area contributed by atoms with Crippen LogP contribution in [0.15, 0.2) is 30.3 Å². The number of hydrogen-bond donors (Lipinski definition) is 7. The first-order valence-electron chi connectivity index (χ1n) is 20.2. The molecular formula is C41H65N9O6. The maximum atomic E-state index is 14.2. The molecule has 0 unspecified atom stereocenters. The molecule has 5 atom stereocenters. The third-order valence-corrected chi connectivity index (χ3v) is 10.8. The molecule has 1 aromatic carbocycles. The van der Waals surface area contributed by atoms with Crippen molar-refractivity contribution in [2.75, 3.05) is 18.8 Å². The number of aliphatic hydroxyl groups is 1. The second-order valence-electron chi connectivity index (χ2n) is 15.2. The highest BCUT2D eigenvalue weighted by Gasteiger charge is 2.39. The van der Waals surface area contributed by atoms with Crippen molar-refractivity contribution in [3.63, 3.8) is 0 Å². The van der Waals surface area contributed by atoms with Crippen LogP contribution in [-0.4, -0.2) is 86.8 Å². The third-order valence-electron chi connectivity index (χ3n) is 10.8. The predicted molar refractivity (Wildman–Crippen MR) is 215 cm³/mol.